The highest BCUT2D eigenvalue weighted by atomic mass is 16.1. The lowest BCUT2D eigenvalue weighted by Crippen LogP contribution is -2.38. The van der Waals surface area contributed by atoms with Crippen LogP contribution in [0.4, 0.5) is 0 Å². The summed E-state index contributed by atoms with van der Waals surface area (Å²) >= 11 is 0. The Labute approximate surface area is 101 Å². The van der Waals surface area contributed by atoms with Crippen LogP contribution < -0.4 is 5.73 Å². The van der Waals surface area contributed by atoms with Crippen molar-refractivity contribution in [3.8, 4) is 0 Å². The molecule has 0 fully saturated rings. The quantitative estimate of drug-likeness (QED) is 0.597. The predicted octanol–water partition coefficient (Wildman–Crippen LogP) is 3.88. The molecule has 1 amide bonds. The van der Waals surface area contributed by atoms with E-state index in [-0.39, 0.29) is 17.2 Å². The van der Waals surface area contributed by atoms with E-state index in [9.17, 15) is 4.79 Å². The van der Waals surface area contributed by atoms with Gasteiger partial charge in [-0.15, -0.1) is 0 Å². The molecule has 0 radical (unpaired) electrons. The van der Waals surface area contributed by atoms with Crippen molar-refractivity contribution in [3.63, 3.8) is 0 Å². The fraction of sp³-hybridized carbons (Fsp3) is 0.929. The molecule has 0 aliphatic heterocycles. The third-order valence-corrected chi connectivity index (χ3v) is 4.18. The molecule has 2 nitrogen and oxygen atoms in total. The van der Waals surface area contributed by atoms with Gasteiger partial charge < -0.3 is 5.73 Å². The van der Waals surface area contributed by atoms with Crippen LogP contribution in [0.2, 0.25) is 0 Å². The number of primary amides is 1. The molecule has 1 unspecified atom stereocenters. The van der Waals surface area contributed by atoms with Gasteiger partial charge in [0.15, 0.2) is 0 Å². The summed E-state index contributed by atoms with van der Waals surface area (Å²) < 4.78 is 0. The minimum absolute atomic E-state index is 0.0550. The highest BCUT2D eigenvalue weighted by Gasteiger charge is 2.37. The minimum atomic E-state index is -0.109. The van der Waals surface area contributed by atoms with Crippen molar-refractivity contribution in [2.45, 2.75) is 72.6 Å². The van der Waals surface area contributed by atoms with E-state index in [1.807, 2.05) is 0 Å². The monoisotopic (exact) mass is 227 g/mol. The second-order valence-corrected chi connectivity index (χ2v) is 4.89. The van der Waals surface area contributed by atoms with E-state index < -0.39 is 0 Å². The van der Waals surface area contributed by atoms with Crippen LogP contribution in [0.1, 0.15) is 72.6 Å². The summed E-state index contributed by atoms with van der Waals surface area (Å²) in [4.78, 5) is 11.5. The van der Waals surface area contributed by atoms with Crippen molar-refractivity contribution in [2.24, 2.45) is 17.1 Å². The standard InChI is InChI=1S/C14H29NO/c1-5-9-10-11-14(7-3,8-4)12(6-2)13(15)16/h12H,5-11H2,1-4H3,(H2,15,16). The van der Waals surface area contributed by atoms with Crippen LogP contribution in [0.25, 0.3) is 0 Å². The predicted molar refractivity (Wildman–Crippen MR) is 70.1 cm³/mol. The lowest BCUT2D eigenvalue weighted by atomic mass is 9.67. The van der Waals surface area contributed by atoms with Gasteiger partial charge in [-0.1, -0.05) is 47.0 Å². The molecule has 0 aromatic carbocycles. The van der Waals surface area contributed by atoms with E-state index in [4.69, 9.17) is 5.73 Å². The Morgan fingerprint density at radius 2 is 1.69 bits per heavy atom. The first-order valence-electron chi connectivity index (χ1n) is 6.87. The summed E-state index contributed by atoms with van der Waals surface area (Å²) in [7, 11) is 0. The summed E-state index contributed by atoms with van der Waals surface area (Å²) in [5, 5.41) is 0. The molecule has 96 valence electrons. The van der Waals surface area contributed by atoms with Crippen LogP contribution in [-0.4, -0.2) is 5.91 Å². The maximum Gasteiger partial charge on any atom is 0.221 e. The van der Waals surface area contributed by atoms with Crippen molar-refractivity contribution in [3.05, 3.63) is 0 Å². The maximum atomic E-state index is 11.5. The zero-order valence-corrected chi connectivity index (χ0v) is 11.5. The van der Waals surface area contributed by atoms with Gasteiger partial charge in [0, 0.05) is 5.92 Å². The summed E-state index contributed by atoms with van der Waals surface area (Å²) in [5.74, 6) is -0.0537. The van der Waals surface area contributed by atoms with Crippen molar-refractivity contribution in [1.82, 2.24) is 0 Å². The van der Waals surface area contributed by atoms with Gasteiger partial charge in [0.2, 0.25) is 5.91 Å². The topological polar surface area (TPSA) is 43.1 Å². The van der Waals surface area contributed by atoms with E-state index in [1.54, 1.807) is 0 Å². The molecule has 0 aromatic heterocycles. The van der Waals surface area contributed by atoms with Gasteiger partial charge in [-0.3, -0.25) is 4.79 Å². The Kier molecular flexibility index (Phi) is 7.44. The van der Waals surface area contributed by atoms with E-state index in [0.29, 0.717) is 0 Å². The second-order valence-electron chi connectivity index (χ2n) is 4.89. The van der Waals surface area contributed by atoms with Crippen molar-refractivity contribution >= 4 is 5.91 Å². The highest BCUT2D eigenvalue weighted by Crippen LogP contribution is 2.42. The zero-order chi connectivity index (χ0) is 12.6. The number of unbranched alkanes of at least 4 members (excludes halogenated alkanes) is 2. The van der Waals surface area contributed by atoms with Gasteiger partial charge in [-0.2, -0.15) is 0 Å². The molecule has 0 aliphatic rings. The number of amides is 1. The molecule has 0 aliphatic carbocycles. The van der Waals surface area contributed by atoms with Gasteiger partial charge in [0.25, 0.3) is 0 Å². The van der Waals surface area contributed by atoms with Crippen LogP contribution in [0.15, 0.2) is 0 Å². The van der Waals surface area contributed by atoms with E-state index in [2.05, 4.69) is 27.7 Å². The molecule has 16 heavy (non-hydrogen) atoms. The van der Waals surface area contributed by atoms with Gasteiger partial charge >= 0.3 is 0 Å². The molecule has 0 saturated carbocycles. The van der Waals surface area contributed by atoms with Crippen LogP contribution >= 0.6 is 0 Å². The smallest absolute Gasteiger partial charge is 0.221 e. The van der Waals surface area contributed by atoms with Crippen LogP contribution in [0.5, 0.6) is 0 Å². The van der Waals surface area contributed by atoms with Gasteiger partial charge in [0.1, 0.15) is 0 Å². The average molecular weight is 227 g/mol. The Bertz CT molecular complexity index is 197. The molecule has 2 heteroatoms. The Morgan fingerprint density at radius 1 is 1.12 bits per heavy atom. The first kappa shape index (κ1) is 15.5. The van der Waals surface area contributed by atoms with Crippen LogP contribution in [0.3, 0.4) is 0 Å². The fourth-order valence-electron chi connectivity index (χ4n) is 2.93. The van der Waals surface area contributed by atoms with E-state index >= 15 is 0 Å². The van der Waals surface area contributed by atoms with Crippen molar-refractivity contribution in [2.75, 3.05) is 0 Å². The second kappa shape index (κ2) is 7.70. The highest BCUT2D eigenvalue weighted by molar-refractivity contribution is 5.77. The molecule has 0 aromatic rings. The first-order valence-corrected chi connectivity index (χ1v) is 6.87. The Morgan fingerprint density at radius 3 is 2.00 bits per heavy atom. The molecular formula is C14H29NO. The number of carbonyl (C=O) groups excluding carboxylic acids is 1. The van der Waals surface area contributed by atoms with Gasteiger partial charge in [0.05, 0.1) is 0 Å². The molecule has 1 atom stereocenters. The van der Waals surface area contributed by atoms with Gasteiger partial charge in [-0.25, -0.2) is 0 Å². The lowest BCUT2D eigenvalue weighted by Gasteiger charge is -2.38. The summed E-state index contributed by atoms with van der Waals surface area (Å²) in [6.45, 7) is 8.68. The number of hydrogen-bond donors (Lipinski definition) is 1. The third-order valence-electron chi connectivity index (χ3n) is 4.18. The van der Waals surface area contributed by atoms with Crippen molar-refractivity contribution < 1.29 is 4.79 Å². The first-order chi connectivity index (χ1) is 7.57. The average Bonchev–Trinajstić information content (AvgIpc) is 2.27. The van der Waals surface area contributed by atoms with Crippen LogP contribution in [-0.2, 0) is 4.79 Å². The fourth-order valence-corrected chi connectivity index (χ4v) is 2.93. The van der Waals surface area contributed by atoms with Gasteiger partial charge in [-0.05, 0) is 31.1 Å². The molecular weight excluding hydrogens is 198 g/mol. The molecule has 0 saturated heterocycles. The number of nitrogens with two attached hydrogens (primary N) is 1. The van der Waals surface area contributed by atoms with E-state index in [0.717, 1.165) is 25.7 Å². The maximum absolute atomic E-state index is 11.5. The largest absolute Gasteiger partial charge is 0.369 e. The molecule has 2 N–H and O–H groups in total. The number of carbonyl (C=O) groups is 1. The molecule has 0 bridgehead atoms. The van der Waals surface area contributed by atoms with Crippen molar-refractivity contribution in [1.29, 1.82) is 0 Å². The minimum Gasteiger partial charge on any atom is -0.369 e. The molecule has 0 rings (SSSR count). The van der Waals surface area contributed by atoms with Crippen LogP contribution in [0, 0.1) is 11.3 Å². The zero-order valence-electron chi connectivity index (χ0n) is 11.5. The Hall–Kier alpha value is -0.530. The summed E-state index contributed by atoms with van der Waals surface area (Å²) in [5.41, 5.74) is 5.70. The molecule has 0 spiro atoms. The number of rotatable bonds is 9. The number of hydrogen-bond acceptors (Lipinski definition) is 1. The normalized spacial score (nSPS) is 13.8. The lowest BCUT2D eigenvalue weighted by molar-refractivity contribution is -0.127. The summed E-state index contributed by atoms with van der Waals surface area (Å²) in [6, 6.07) is 0. The van der Waals surface area contributed by atoms with E-state index in [1.165, 1.54) is 19.3 Å². The third kappa shape index (κ3) is 3.80. The Balaban J connectivity index is 4.69. The summed E-state index contributed by atoms with van der Waals surface area (Å²) in [6.07, 6.45) is 7.87. The SMILES string of the molecule is CCCCCC(CC)(CC)C(CC)C(N)=O. The molecule has 0 heterocycles.